The summed E-state index contributed by atoms with van der Waals surface area (Å²) in [5, 5.41) is 15.6. The Kier molecular flexibility index (Phi) is 4.90. The van der Waals surface area contributed by atoms with Crippen LogP contribution >= 0.6 is 11.3 Å². The predicted octanol–water partition coefficient (Wildman–Crippen LogP) is 1.88. The van der Waals surface area contributed by atoms with E-state index in [0.717, 1.165) is 0 Å². The summed E-state index contributed by atoms with van der Waals surface area (Å²) in [5.41, 5.74) is 0. The lowest BCUT2D eigenvalue weighted by molar-refractivity contribution is -0.118. The van der Waals surface area contributed by atoms with Crippen molar-refractivity contribution in [1.29, 1.82) is 5.26 Å². The van der Waals surface area contributed by atoms with Gasteiger partial charge in [0.1, 0.15) is 6.04 Å². The second-order valence-electron chi connectivity index (χ2n) is 5.94. The summed E-state index contributed by atoms with van der Waals surface area (Å²) in [6, 6.07) is -0.351. The molecule has 0 bridgehead atoms. The molecule has 118 valence electrons. The summed E-state index contributed by atoms with van der Waals surface area (Å²) < 4.78 is 0. The second-order valence-corrected chi connectivity index (χ2v) is 7.01. The summed E-state index contributed by atoms with van der Waals surface area (Å²) in [5.74, 6) is 0.503. The Balaban J connectivity index is 1.57. The summed E-state index contributed by atoms with van der Waals surface area (Å²) in [4.78, 5) is 19.5. The number of aromatic nitrogens is 1. The van der Waals surface area contributed by atoms with Crippen LogP contribution in [0.25, 0.3) is 0 Å². The van der Waals surface area contributed by atoms with Crippen LogP contribution in [0.4, 0.5) is 5.13 Å². The number of piperazine rings is 1. The molecule has 0 spiro atoms. The SMILES string of the molecule is N#CN1CCNC(C(=O)Nc2ncc(C3CCCCC3)s2)C1. The minimum Gasteiger partial charge on any atom is -0.307 e. The largest absolute Gasteiger partial charge is 0.307 e. The molecule has 2 N–H and O–H groups in total. The Labute approximate surface area is 134 Å². The van der Waals surface area contributed by atoms with E-state index in [-0.39, 0.29) is 11.9 Å². The molecule has 22 heavy (non-hydrogen) atoms. The van der Waals surface area contributed by atoms with Crippen molar-refractivity contribution >= 4 is 22.4 Å². The number of thiazole rings is 1. The third-order valence-electron chi connectivity index (χ3n) is 4.39. The minimum absolute atomic E-state index is 0.107. The van der Waals surface area contributed by atoms with Gasteiger partial charge in [-0.1, -0.05) is 19.3 Å². The Morgan fingerprint density at radius 3 is 3.05 bits per heavy atom. The van der Waals surface area contributed by atoms with E-state index in [1.54, 1.807) is 16.2 Å². The van der Waals surface area contributed by atoms with Crippen molar-refractivity contribution in [2.24, 2.45) is 0 Å². The zero-order valence-electron chi connectivity index (χ0n) is 12.5. The fourth-order valence-corrected chi connectivity index (χ4v) is 4.12. The van der Waals surface area contributed by atoms with Crippen LogP contribution < -0.4 is 10.6 Å². The molecule has 1 aliphatic carbocycles. The molecule has 1 aromatic heterocycles. The van der Waals surface area contributed by atoms with Gasteiger partial charge in [-0.2, -0.15) is 5.26 Å². The lowest BCUT2D eigenvalue weighted by Gasteiger charge is -2.28. The maximum atomic E-state index is 12.3. The molecule has 2 heterocycles. The van der Waals surface area contributed by atoms with Gasteiger partial charge in [0.05, 0.1) is 6.54 Å². The maximum absolute atomic E-state index is 12.3. The van der Waals surface area contributed by atoms with Crippen molar-refractivity contribution in [3.8, 4) is 6.19 Å². The number of rotatable bonds is 3. The monoisotopic (exact) mass is 319 g/mol. The number of anilines is 1. The first-order chi connectivity index (χ1) is 10.8. The maximum Gasteiger partial charge on any atom is 0.245 e. The topological polar surface area (TPSA) is 81.0 Å². The highest BCUT2D eigenvalue weighted by molar-refractivity contribution is 7.15. The zero-order valence-corrected chi connectivity index (χ0v) is 13.4. The number of nitrogens with zero attached hydrogens (tertiary/aromatic N) is 3. The molecule has 6 nitrogen and oxygen atoms in total. The normalized spacial score (nSPS) is 23.0. The third kappa shape index (κ3) is 3.57. The summed E-state index contributed by atoms with van der Waals surface area (Å²) in [6.45, 7) is 1.73. The molecule has 7 heteroatoms. The van der Waals surface area contributed by atoms with Crippen LogP contribution in [0.15, 0.2) is 6.20 Å². The van der Waals surface area contributed by atoms with E-state index in [1.807, 2.05) is 6.20 Å². The van der Waals surface area contributed by atoms with Crippen LogP contribution in [0, 0.1) is 11.5 Å². The van der Waals surface area contributed by atoms with Gasteiger partial charge < -0.3 is 15.5 Å². The van der Waals surface area contributed by atoms with E-state index in [9.17, 15) is 4.79 Å². The van der Waals surface area contributed by atoms with Gasteiger partial charge in [0, 0.05) is 24.2 Å². The highest BCUT2D eigenvalue weighted by Gasteiger charge is 2.26. The van der Waals surface area contributed by atoms with Crippen molar-refractivity contribution in [1.82, 2.24) is 15.2 Å². The Bertz CT molecular complexity index is 561. The molecule has 0 aromatic carbocycles. The first-order valence-electron chi connectivity index (χ1n) is 7.91. The zero-order chi connectivity index (χ0) is 15.4. The summed E-state index contributed by atoms with van der Waals surface area (Å²) >= 11 is 1.59. The molecular weight excluding hydrogens is 298 g/mol. The molecular formula is C15H21N5OS. The molecule has 2 aliphatic rings. The summed E-state index contributed by atoms with van der Waals surface area (Å²) in [6.07, 6.45) is 10.4. The predicted molar refractivity (Wildman–Crippen MR) is 85.5 cm³/mol. The van der Waals surface area contributed by atoms with Gasteiger partial charge in [-0.05, 0) is 18.8 Å². The van der Waals surface area contributed by atoms with Crippen LogP contribution in [-0.4, -0.2) is 41.5 Å². The molecule has 1 saturated heterocycles. The van der Waals surface area contributed by atoms with Crippen molar-refractivity contribution in [3.63, 3.8) is 0 Å². The highest BCUT2D eigenvalue weighted by atomic mass is 32.1. The number of carbonyl (C=O) groups excluding carboxylic acids is 1. The lowest BCUT2D eigenvalue weighted by atomic mass is 9.89. The number of nitriles is 1. The van der Waals surface area contributed by atoms with E-state index in [0.29, 0.717) is 30.7 Å². The standard InChI is InChI=1S/C15H21N5OS/c16-10-20-7-6-17-12(9-20)14(21)19-15-18-8-13(22-15)11-4-2-1-3-5-11/h8,11-12,17H,1-7,9H2,(H,18,19,21). The van der Waals surface area contributed by atoms with Gasteiger partial charge in [0.2, 0.25) is 5.91 Å². The molecule has 1 amide bonds. The molecule has 1 atom stereocenters. The second kappa shape index (κ2) is 7.07. The number of hydrogen-bond donors (Lipinski definition) is 2. The Morgan fingerprint density at radius 1 is 1.45 bits per heavy atom. The average Bonchev–Trinajstić information content (AvgIpc) is 3.04. The van der Waals surface area contributed by atoms with E-state index in [2.05, 4.69) is 21.8 Å². The van der Waals surface area contributed by atoms with Crippen LogP contribution in [-0.2, 0) is 4.79 Å². The van der Waals surface area contributed by atoms with E-state index < -0.39 is 0 Å². The summed E-state index contributed by atoms with van der Waals surface area (Å²) in [7, 11) is 0. The van der Waals surface area contributed by atoms with E-state index in [1.165, 1.54) is 37.0 Å². The van der Waals surface area contributed by atoms with Gasteiger partial charge in [-0.15, -0.1) is 11.3 Å². The Morgan fingerprint density at radius 2 is 2.27 bits per heavy atom. The fraction of sp³-hybridized carbons (Fsp3) is 0.667. The molecule has 3 rings (SSSR count). The van der Waals surface area contributed by atoms with Gasteiger partial charge in [-0.3, -0.25) is 4.79 Å². The van der Waals surface area contributed by atoms with Crippen LogP contribution in [0.5, 0.6) is 0 Å². The third-order valence-corrected chi connectivity index (χ3v) is 5.47. The molecule has 2 fully saturated rings. The van der Waals surface area contributed by atoms with Crippen LogP contribution in [0.2, 0.25) is 0 Å². The van der Waals surface area contributed by atoms with Crippen molar-refractivity contribution in [2.75, 3.05) is 25.0 Å². The quantitative estimate of drug-likeness (QED) is 0.832. The van der Waals surface area contributed by atoms with E-state index in [4.69, 9.17) is 5.26 Å². The first kappa shape index (κ1) is 15.3. The number of nitrogens with one attached hydrogen (secondary N) is 2. The molecule has 1 unspecified atom stereocenters. The minimum atomic E-state index is -0.351. The van der Waals surface area contributed by atoms with Gasteiger partial charge in [-0.25, -0.2) is 4.98 Å². The van der Waals surface area contributed by atoms with Gasteiger partial charge in [0.25, 0.3) is 0 Å². The lowest BCUT2D eigenvalue weighted by Crippen LogP contribution is -2.54. The van der Waals surface area contributed by atoms with Crippen LogP contribution in [0.1, 0.15) is 42.9 Å². The van der Waals surface area contributed by atoms with Crippen molar-refractivity contribution < 1.29 is 4.79 Å². The van der Waals surface area contributed by atoms with Crippen molar-refractivity contribution in [3.05, 3.63) is 11.1 Å². The highest BCUT2D eigenvalue weighted by Crippen LogP contribution is 2.36. The van der Waals surface area contributed by atoms with Gasteiger partial charge in [0.15, 0.2) is 11.3 Å². The van der Waals surface area contributed by atoms with Crippen molar-refractivity contribution in [2.45, 2.75) is 44.1 Å². The van der Waals surface area contributed by atoms with Gasteiger partial charge >= 0.3 is 0 Å². The Hall–Kier alpha value is -1.65. The molecule has 1 saturated carbocycles. The molecule has 1 aliphatic heterocycles. The smallest absolute Gasteiger partial charge is 0.245 e. The first-order valence-corrected chi connectivity index (χ1v) is 8.72. The fourth-order valence-electron chi connectivity index (χ4n) is 3.13. The average molecular weight is 319 g/mol. The molecule has 1 aromatic rings. The number of amides is 1. The molecule has 0 radical (unpaired) electrons. The number of hydrogen-bond acceptors (Lipinski definition) is 6. The van der Waals surface area contributed by atoms with E-state index >= 15 is 0 Å². The van der Waals surface area contributed by atoms with Crippen LogP contribution in [0.3, 0.4) is 0 Å². The number of carbonyl (C=O) groups is 1.